The fourth-order valence-electron chi connectivity index (χ4n) is 2.35. The molecule has 2 rings (SSSR count). The number of pyridine rings is 1. The maximum Gasteiger partial charge on any atom is 0.412 e. The molecule has 0 spiro atoms. The van der Waals surface area contributed by atoms with E-state index >= 15 is 0 Å². The fraction of sp³-hybridized carbons (Fsp3) is 0.600. The van der Waals surface area contributed by atoms with Gasteiger partial charge in [0, 0.05) is 18.7 Å². The number of nitrogens with one attached hydrogen (secondary N) is 2. The Morgan fingerprint density at radius 2 is 2.30 bits per heavy atom. The Kier molecular flexibility index (Phi) is 4.60. The second kappa shape index (κ2) is 6.22. The lowest BCUT2D eigenvalue weighted by molar-refractivity contribution is 0.0635. The quantitative estimate of drug-likeness (QED) is 0.872. The van der Waals surface area contributed by atoms with E-state index in [1.54, 1.807) is 6.20 Å². The van der Waals surface area contributed by atoms with Crippen LogP contribution in [0.15, 0.2) is 18.3 Å². The van der Waals surface area contributed by atoms with Crippen LogP contribution in [0.25, 0.3) is 0 Å². The summed E-state index contributed by atoms with van der Waals surface area (Å²) in [6.45, 7) is 7.50. The van der Waals surface area contributed by atoms with Gasteiger partial charge in [0.2, 0.25) is 0 Å². The first-order chi connectivity index (χ1) is 9.46. The summed E-state index contributed by atoms with van der Waals surface area (Å²) in [7, 11) is 0. The Morgan fingerprint density at radius 3 is 2.95 bits per heavy atom. The molecule has 5 heteroatoms. The Balaban J connectivity index is 2.09. The molecule has 0 bridgehead atoms. The lowest BCUT2D eigenvalue weighted by Crippen LogP contribution is -2.30. The van der Waals surface area contributed by atoms with Crippen LogP contribution in [0.3, 0.4) is 0 Å². The van der Waals surface area contributed by atoms with Gasteiger partial charge in [-0.2, -0.15) is 0 Å². The molecule has 5 nitrogen and oxygen atoms in total. The number of anilines is 1. The molecule has 1 amide bonds. The van der Waals surface area contributed by atoms with E-state index in [9.17, 15) is 4.79 Å². The van der Waals surface area contributed by atoms with Crippen LogP contribution in [0.1, 0.15) is 45.2 Å². The average Bonchev–Trinajstić information content (AvgIpc) is 2.38. The minimum absolute atomic E-state index is 0.342. The molecule has 1 atom stereocenters. The summed E-state index contributed by atoms with van der Waals surface area (Å²) < 4.78 is 5.29. The summed E-state index contributed by atoms with van der Waals surface area (Å²) in [4.78, 5) is 16.3. The summed E-state index contributed by atoms with van der Waals surface area (Å²) in [5.74, 6) is 0.342. The van der Waals surface area contributed by atoms with Crippen molar-refractivity contribution >= 4 is 11.8 Å². The molecular formula is C15H23N3O2. The van der Waals surface area contributed by atoms with E-state index in [2.05, 4.69) is 15.6 Å². The van der Waals surface area contributed by atoms with Gasteiger partial charge in [0.1, 0.15) is 5.60 Å². The molecule has 20 heavy (non-hydrogen) atoms. The first-order valence-electron chi connectivity index (χ1n) is 7.11. The number of hydrogen-bond donors (Lipinski definition) is 2. The number of aromatic nitrogens is 1. The Hall–Kier alpha value is -1.62. The lowest BCUT2D eigenvalue weighted by Gasteiger charge is -2.25. The third-order valence-corrected chi connectivity index (χ3v) is 3.16. The standard InChI is InChI=1S/C15H23N3O2/c1-15(2,3)20-14(19)18-12-7-5-9-17-13(12)11-6-4-8-16-10-11/h5,7,9,11,16H,4,6,8,10H2,1-3H3,(H,18,19). The van der Waals surface area contributed by atoms with Gasteiger partial charge in [-0.3, -0.25) is 10.3 Å². The highest BCUT2D eigenvalue weighted by Gasteiger charge is 2.22. The van der Waals surface area contributed by atoms with E-state index in [0.29, 0.717) is 5.92 Å². The predicted octanol–water partition coefficient (Wildman–Crippen LogP) is 2.90. The molecule has 2 N–H and O–H groups in total. The normalized spacial score (nSPS) is 19.4. The van der Waals surface area contributed by atoms with E-state index in [1.165, 1.54) is 0 Å². The highest BCUT2D eigenvalue weighted by molar-refractivity contribution is 5.85. The maximum atomic E-state index is 11.9. The van der Waals surface area contributed by atoms with Crippen LogP contribution in [0.4, 0.5) is 10.5 Å². The van der Waals surface area contributed by atoms with E-state index in [4.69, 9.17) is 4.74 Å². The zero-order valence-electron chi connectivity index (χ0n) is 12.4. The second-order valence-electron chi connectivity index (χ2n) is 6.11. The molecule has 110 valence electrons. The monoisotopic (exact) mass is 277 g/mol. The van der Waals surface area contributed by atoms with Crippen molar-refractivity contribution in [1.82, 2.24) is 10.3 Å². The van der Waals surface area contributed by atoms with E-state index < -0.39 is 11.7 Å². The molecule has 1 saturated heterocycles. The van der Waals surface area contributed by atoms with Crippen LogP contribution >= 0.6 is 0 Å². The van der Waals surface area contributed by atoms with Crippen molar-refractivity contribution in [1.29, 1.82) is 0 Å². The third kappa shape index (κ3) is 4.20. The molecular weight excluding hydrogens is 254 g/mol. The zero-order valence-corrected chi connectivity index (χ0v) is 12.4. The number of carbonyl (C=O) groups excluding carboxylic acids is 1. The molecule has 1 aromatic heterocycles. The summed E-state index contributed by atoms with van der Waals surface area (Å²) in [6, 6.07) is 3.70. The van der Waals surface area contributed by atoms with Crippen LogP contribution in [-0.2, 0) is 4.74 Å². The summed E-state index contributed by atoms with van der Waals surface area (Å²) in [5.41, 5.74) is 1.18. The summed E-state index contributed by atoms with van der Waals surface area (Å²) in [5, 5.41) is 6.18. The zero-order chi connectivity index (χ0) is 14.6. The van der Waals surface area contributed by atoms with Gasteiger partial charge in [-0.1, -0.05) is 0 Å². The lowest BCUT2D eigenvalue weighted by atomic mass is 9.94. The van der Waals surface area contributed by atoms with Crippen molar-refractivity contribution in [3.05, 3.63) is 24.0 Å². The molecule has 1 aliphatic heterocycles. The first-order valence-corrected chi connectivity index (χ1v) is 7.11. The SMILES string of the molecule is CC(C)(C)OC(=O)Nc1cccnc1C1CCCNC1. The molecule has 0 aromatic carbocycles. The van der Waals surface area contributed by atoms with Crippen molar-refractivity contribution in [3.8, 4) is 0 Å². The highest BCUT2D eigenvalue weighted by Crippen LogP contribution is 2.27. The minimum Gasteiger partial charge on any atom is -0.444 e. The summed E-state index contributed by atoms with van der Waals surface area (Å²) >= 11 is 0. The van der Waals surface area contributed by atoms with Gasteiger partial charge in [0.05, 0.1) is 11.4 Å². The molecule has 1 unspecified atom stereocenters. The van der Waals surface area contributed by atoms with Gasteiger partial charge in [-0.05, 0) is 52.3 Å². The second-order valence-corrected chi connectivity index (χ2v) is 6.11. The van der Waals surface area contributed by atoms with Crippen LogP contribution in [-0.4, -0.2) is 29.8 Å². The number of hydrogen-bond acceptors (Lipinski definition) is 4. The fourth-order valence-corrected chi connectivity index (χ4v) is 2.35. The van der Waals surface area contributed by atoms with Gasteiger partial charge in [-0.15, -0.1) is 0 Å². The molecule has 1 aromatic rings. The molecule has 1 fully saturated rings. The van der Waals surface area contributed by atoms with Crippen molar-refractivity contribution in [2.75, 3.05) is 18.4 Å². The smallest absolute Gasteiger partial charge is 0.412 e. The summed E-state index contributed by atoms with van der Waals surface area (Å²) in [6.07, 6.45) is 3.56. The maximum absolute atomic E-state index is 11.9. The van der Waals surface area contributed by atoms with E-state index in [1.807, 2.05) is 32.9 Å². The van der Waals surface area contributed by atoms with Crippen molar-refractivity contribution in [3.63, 3.8) is 0 Å². The van der Waals surface area contributed by atoms with Crippen molar-refractivity contribution in [2.24, 2.45) is 0 Å². The molecule has 0 aliphatic carbocycles. The van der Waals surface area contributed by atoms with Crippen molar-refractivity contribution < 1.29 is 9.53 Å². The van der Waals surface area contributed by atoms with Crippen LogP contribution in [0.5, 0.6) is 0 Å². The molecule has 2 heterocycles. The topological polar surface area (TPSA) is 63.2 Å². The predicted molar refractivity (Wildman–Crippen MR) is 78.9 cm³/mol. The largest absolute Gasteiger partial charge is 0.444 e. The minimum atomic E-state index is -0.501. The number of piperidine rings is 1. The van der Waals surface area contributed by atoms with Gasteiger partial charge in [0.15, 0.2) is 0 Å². The average molecular weight is 277 g/mol. The molecule has 0 radical (unpaired) electrons. The molecule has 0 saturated carbocycles. The first kappa shape index (κ1) is 14.8. The van der Waals surface area contributed by atoms with Crippen LogP contribution in [0.2, 0.25) is 0 Å². The Labute approximate surface area is 120 Å². The number of carbonyl (C=O) groups is 1. The Morgan fingerprint density at radius 1 is 1.50 bits per heavy atom. The number of ether oxygens (including phenoxy) is 1. The van der Waals surface area contributed by atoms with E-state index in [0.717, 1.165) is 37.3 Å². The van der Waals surface area contributed by atoms with Gasteiger partial charge < -0.3 is 10.1 Å². The van der Waals surface area contributed by atoms with Gasteiger partial charge in [0.25, 0.3) is 0 Å². The van der Waals surface area contributed by atoms with Gasteiger partial charge >= 0.3 is 6.09 Å². The number of nitrogens with zero attached hydrogens (tertiary/aromatic N) is 1. The van der Waals surface area contributed by atoms with Gasteiger partial charge in [-0.25, -0.2) is 4.79 Å². The van der Waals surface area contributed by atoms with E-state index in [-0.39, 0.29) is 0 Å². The van der Waals surface area contributed by atoms with Crippen LogP contribution < -0.4 is 10.6 Å². The Bertz CT molecular complexity index is 462. The highest BCUT2D eigenvalue weighted by atomic mass is 16.6. The van der Waals surface area contributed by atoms with Crippen molar-refractivity contribution in [2.45, 2.75) is 45.1 Å². The number of amides is 1. The number of rotatable bonds is 2. The molecule has 1 aliphatic rings. The van der Waals surface area contributed by atoms with Crippen LogP contribution in [0, 0.1) is 0 Å². The third-order valence-electron chi connectivity index (χ3n) is 3.16.